The molecule has 1 aromatic rings. The van der Waals surface area contributed by atoms with Gasteiger partial charge < -0.3 is 0 Å². The van der Waals surface area contributed by atoms with E-state index in [0.717, 1.165) is 5.92 Å². The van der Waals surface area contributed by atoms with E-state index in [4.69, 9.17) is 0 Å². The first kappa shape index (κ1) is 8.79. The SMILES string of the molecule is CC1(C)CCC(c2ccn[nH]2)CC1. The molecule has 0 aliphatic heterocycles. The van der Waals surface area contributed by atoms with Crippen LogP contribution in [0, 0.1) is 5.41 Å². The molecule has 0 amide bonds. The lowest BCUT2D eigenvalue weighted by Gasteiger charge is -2.33. The van der Waals surface area contributed by atoms with Gasteiger partial charge in [0, 0.05) is 17.8 Å². The Kier molecular flexibility index (Phi) is 2.14. The fourth-order valence-corrected chi connectivity index (χ4v) is 2.20. The predicted molar refractivity (Wildman–Crippen MR) is 53.6 cm³/mol. The molecule has 1 aromatic heterocycles. The van der Waals surface area contributed by atoms with Gasteiger partial charge in [0.2, 0.25) is 0 Å². The largest absolute Gasteiger partial charge is 0.282 e. The molecule has 0 unspecified atom stereocenters. The molecule has 1 heterocycles. The van der Waals surface area contributed by atoms with Crippen molar-refractivity contribution in [3.63, 3.8) is 0 Å². The highest BCUT2D eigenvalue weighted by Gasteiger charge is 2.27. The maximum Gasteiger partial charge on any atom is 0.0490 e. The molecule has 2 heteroatoms. The van der Waals surface area contributed by atoms with Crippen LogP contribution in [0.2, 0.25) is 0 Å². The summed E-state index contributed by atoms with van der Waals surface area (Å²) < 4.78 is 0. The van der Waals surface area contributed by atoms with Gasteiger partial charge in [-0.3, -0.25) is 5.10 Å². The summed E-state index contributed by atoms with van der Waals surface area (Å²) in [5.41, 5.74) is 1.90. The maximum absolute atomic E-state index is 4.01. The van der Waals surface area contributed by atoms with E-state index in [1.807, 2.05) is 6.20 Å². The predicted octanol–water partition coefficient (Wildman–Crippen LogP) is 3.09. The molecule has 0 spiro atoms. The highest BCUT2D eigenvalue weighted by atomic mass is 15.1. The molecule has 1 fully saturated rings. The third kappa shape index (κ3) is 1.93. The molecule has 0 radical (unpaired) electrons. The number of nitrogens with one attached hydrogen (secondary N) is 1. The fraction of sp³-hybridized carbons (Fsp3) is 0.727. The molecule has 0 atom stereocenters. The molecule has 1 N–H and O–H groups in total. The van der Waals surface area contributed by atoms with E-state index in [-0.39, 0.29) is 0 Å². The Hall–Kier alpha value is -0.790. The highest BCUT2D eigenvalue weighted by molar-refractivity contribution is 5.07. The van der Waals surface area contributed by atoms with Crippen molar-refractivity contribution in [1.29, 1.82) is 0 Å². The number of hydrogen-bond acceptors (Lipinski definition) is 1. The second kappa shape index (κ2) is 3.17. The lowest BCUT2D eigenvalue weighted by Crippen LogP contribution is -2.20. The summed E-state index contributed by atoms with van der Waals surface area (Å²) >= 11 is 0. The zero-order valence-corrected chi connectivity index (χ0v) is 8.51. The van der Waals surface area contributed by atoms with Crippen molar-refractivity contribution in [1.82, 2.24) is 10.2 Å². The fourth-order valence-electron chi connectivity index (χ4n) is 2.20. The first-order valence-electron chi connectivity index (χ1n) is 5.17. The standard InChI is InChI=1S/C11H18N2/c1-11(2)6-3-9(4-7-11)10-5-8-12-13-10/h5,8-9H,3-4,6-7H2,1-2H3,(H,12,13). The van der Waals surface area contributed by atoms with Crippen molar-refractivity contribution in [2.45, 2.75) is 45.4 Å². The van der Waals surface area contributed by atoms with Gasteiger partial charge >= 0.3 is 0 Å². The molecule has 72 valence electrons. The summed E-state index contributed by atoms with van der Waals surface area (Å²) in [6.45, 7) is 4.74. The summed E-state index contributed by atoms with van der Waals surface area (Å²) in [6, 6.07) is 2.11. The summed E-state index contributed by atoms with van der Waals surface area (Å²) in [4.78, 5) is 0. The number of hydrogen-bond donors (Lipinski definition) is 1. The topological polar surface area (TPSA) is 28.7 Å². The molecule has 1 aliphatic rings. The molecule has 1 saturated carbocycles. The summed E-state index contributed by atoms with van der Waals surface area (Å²) in [7, 11) is 0. The Labute approximate surface area is 79.7 Å². The zero-order chi connectivity index (χ0) is 9.31. The van der Waals surface area contributed by atoms with Crippen LogP contribution >= 0.6 is 0 Å². The number of H-pyrrole nitrogens is 1. The second-order valence-corrected chi connectivity index (χ2v) is 4.95. The van der Waals surface area contributed by atoms with E-state index in [1.54, 1.807) is 0 Å². The van der Waals surface area contributed by atoms with E-state index < -0.39 is 0 Å². The van der Waals surface area contributed by atoms with E-state index in [9.17, 15) is 0 Å². The molecule has 0 aromatic carbocycles. The van der Waals surface area contributed by atoms with Crippen LogP contribution < -0.4 is 0 Å². The van der Waals surface area contributed by atoms with Crippen LogP contribution in [0.1, 0.15) is 51.1 Å². The van der Waals surface area contributed by atoms with Gasteiger partial charge in [0.05, 0.1) is 0 Å². The van der Waals surface area contributed by atoms with Gasteiger partial charge in [0.1, 0.15) is 0 Å². The number of rotatable bonds is 1. The van der Waals surface area contributed by atoms with Crippen molar-refractivity contribution in [3.05, 3.63) is 18.0 Å². The number of nitrogens with zero attached hydrogens (tertiary/aromatic N) is 1. The van der Waals surface area contributed by atoms with Crippen molar-refractivity contribution < 1.29 is 0 Å². The van der Waals surface area contributed by atoms with Gasteiger partial charge in [0.25, 0.3) is 0 Å². The normalized spacial score (nSPS) is 23.2. The Morgan fingerprint density at radius 1 is 1.38 bits per heavy atom. The van der Waals surface area contributed by atoms with Crippen LogP contribution in [-0.4, -0.2) is 10.2 Å². The molecule has 2 rings (SSSR count). The van der Waals surface area contributed by atoms with Crippen molar-refractivity contribution in [2.75, 3.05) is 0 Å². The number of aromatic nitrogens is 2. The Balaban J connectivity index is 1.99. The number of aromatic amines is 1. The van der Waals surface area contributed by atoms with Crippen LogP contribution in [-0.2, 0) is 0 Å². The molecule has 2 nitrogen and oxygen atoms in total. The van der Waals surface area contributed by atoms with Crippen LogP contribution in [0.25, 0.3) is 0 Å². The Bertz CT molecular complexity index is 252. The minimum absolute atomic E-state index is 0.566. The Morgan fingerprint density at radius 3 is 2.62 bits per heavy atom. The van der Waals surface area contributed by atoms with E-state index in [0.29, 0.717) is 5.41 Å². The van der Waals surface area contributed by atoms with E-state index >= 15 is 0 Å². The summed E-state index contributed by atoms with van der Waals surface area (Å²) in [5.74, 6) is 0.732. The van der Waals surface area contributed by atoms with Gasteiger partial charge in [-0.25, -0.2) is 0 Å². The molecule has 13 heavy (non-hydrogen) atoms. The van der Waals surface area contributed by atoms with Crippen molar-refractivity contribution >= 4 is 0 Å². The minimum atomic E-state index is 0.566. The third-order valence-electron chi connectivity index (χ3n) is 3.30. The smallest absolute Gasteiger partial charge is 0.0490 e. The first-order chi connectivity index (χ1) is 6.17. The quantitative estimate of drug-likeness (QED) is 0.703. The van der Waals surface area contributed by atoms with Crippen molar-refractivity contribution in [2.24, 2.45) is 5.41 Å². The highest BCUT2D eigenvalue weighted by Crippen LogP contribution is 2.41. The van der Waals surface area contributed by atoms with Crippen LogP contribution in [0.5, 0.6) is 0 Å². The third-order valence-corrected chi connectivity index (χ3v) is 3.30. The van der Waals surface area contributed by atoms with Crippen LogP contribution in [0.4, 0.5) is 0 Å². The van der Waals surface area contributed by atoms with Crippen LogP contribution in [0.15, 0.2) is 12.3 Å². The molecular formula is C11H18N2. The minimum Gasteiger partial charge on any atom is -0.282 e. The second-order valence-electron chi connectivity index (χ2n) is 4.95. The van der Waals surface area contributed by atoms with Crippen molar-refractivity contribution in [3.8, 4) is 0 Å². The van der Waals surface area contributed by atoms with Gasteiger partial charge in [-0.05, 0) is 37.2 Å². The van der Waals surface area contributed by atoms with Crippen LogP contribution in [0.3, 0.4) is 0 Å². The first-order valence-corrected chi connectivity index (χ1v) is 5.17. The lowest BCUT2D eigenvalue weighted by atomic mass is 9.72. The van der Waals surface area contributed by atoms with Gasteiger partial charge in [-0.2, -0.15) is 5.10 Å². The van der Waals surface area contributed by atoms with E-state index in [1.165, 1.54) is 31.4 Å². The van der Waals surface area contributed by atoms with Gasteiger partial charge in [-0.1, -0.05) is 13.8 Å². The van der Waals surface area contributed by atoms with Gasteiger partial charge in [0.15, 0.2) is 0 Å². The molecular weight excluding hydrogens is 160 g/mol. The summed E-state index contributed by atoms with van der Waals surface area (Å²) in [5, 5.41) is 7.09. The summed E-state index contributed by atoms with van der Waals surface area (Å²) in [6.07, 6.45) is 7.17. The molecule has 0 bridgehead atoms. The Morgan fingerprint density at radius 2 is 2.08 bits per heavy atom. The lowest BCUT2D eigenvalue weighted by molar-refractivity contribution is 0.222. The average molecular weight is 178 g/mol. The molecule has 1 aliphatic carbocycles. The molecule has 0 saturated heterocycles. The van der Waals surface area contributed by atoms with Gasteiger partial charge in [-0.15, -0.1) is 0 Å². The average Bonchev–Trinajstić information content (AvgIpc) is 2.56. The maximum atomic E-state index is 4.01. The zero-order valence-electron chi connectivity index (χ0n) is 8.51. The monoisotopic (exact) mass is 178 g/mol. The van der Waals surface area contributed by atoms with E-state index in [2.05, 4.69) is 30.1 Å².